The first-order chi connectivity index (χ1) is 15.7. The minimum absolute atomic E-state index is 0.153. The molecular weight excluding hydrogens is 401 g/mol. The van der Waals surface area contributed by atoms with Crippen molar-refractivity contribution in [1.82, 2.24) is 14.8 Å². The van der Waals surface area contributed by atoms with Crippen molar-refractivity contribution in [3.63, 3.8) is 0 Å². The summed E-state index contributed by atoms with van der Waals surface area (Å²) in [4.78, 5) is 9.18. The minimum Gasteiger partial charge on any atom is -0.395 e. The van der Waals surface area contributed by atoms with E-state index in [0.717, 1.165) is 38.2 Å². The second-order valence-corrected chi connectivity index (χ2v) is 8.98. The van der Waals surface area contributed by atoms with E-state index in [1.54, 1.807) is 6.07 Å². The van der Waals surface area contributed by atoms with Crippen molar-refractivity contribution < 1.29 is 9.50 Å². The van der Waals surface area contributed by atoms with Gasteiger partial charge in [0.2, 0.25) is 0 Å². The summed E-state index contributed by atoms with van der Waals surface area (Å²) in [5.74, 6) is 0.0859. The van der Waals surface area contributed by atoms with Gasteiger partial charge in [-0.2, -0.15) is 0 Å². The van der Waals surface area contributed by atoms with Crippen LogP contribution >= 0.6 is 0 Å². The molecule has 32 heavy (non-hydrogen) atoms. The van der Waals surface area contributed by atoms with Gasteiger partial charge in [-0.15, -0.1) is 0 Å². The lowest BCUT2D eigenvalue weighted by atomic mass is 9.74. The van der Waals surface area contributed by atoms with E-state index in [0.29, 0.717) is 11.6 Å². The molecule has 5 heteroatoms. The fraction of sp³-hybridized carbons (Fsp3) is 0.370. The summed E-state index contributed by atoms with van der Waals surface area (Å²) in [7, 11) is 0. The van der Waals surface area contributed by atoms with E-state index < -0.39 is 0 Å². The molecule has 2 saturated heterocycles. The van der Waals surface area contributed by atoms with Crippen LogP contribution in [-0.2, 0) is 6.54 Å². The van der Waals surface area contributed by atoms with E-state index in [2.05, 4.69) is 39.0 Å². The summed E-state index contributed by atoms with van der Waals surface area (Å²) < 4.78 is 14.2. The number of aliphatic hydroxyl groups is 1. The van der Waals surface area contributed by atoms with Crippen LogP contribution in [0.2, 0.25) is 0 Å². The third kappa shape index (κ3) is 4.20. The molecule has 2 aromatic carbocycles. The number of hydrogen-bond acceptors (Lipinski definition) is 4. The van der Waals surface area contributed by atoms with Gasteiger partial charge in [0.1, 0.15) is 5.82 Å². The van der Waals surface area contributed by atoms with Crippen LogP contribution in [0.5, 0.6) is 0 Å². The first-order valence-corrected chi connectivity index (χ1v) is 11.6. The van der Waals surface area contributed by atoms with Gasteiger partial charge in [-0.3, -0.25) is 14.8 Å². The van der Waals surface area contributed by atoms with Crippen LogP contribution in [0.25, 0.3) is 11.1 Å². The molecule has 0 spiro atoms. The molecular formula is C27H30FN3O. The Morgan fingerprint density at radius 1 is 0.938 bits per heavy atom. The van der Waals surface area contributed by atoms with Crippen molar-refractivity contribution in [2.24, 2.45) is 0 Å². The molecule has 3 heterocycles. The summed E-state index contributed by atoms with van der Waals surface area (Å²) in [6.07, 6.45) is 6.04. The first kappa shape index (κ1) is 21.3. The highest BCUT2D eigenvalue weighted by atomic mass is 19.1. The maximum atomic E-state index is 14.2. The number of rotatable bonds is 5. The third-order valence-corrected chi connectivity index (χ3v) is 7.09. The van der Waals surface area contributed by atoms with E-state index in [1.807, 2.05) is 36.7 Å². The molecule has 0 unspecified atom stereocenters. The number of pyridine rings is 1. The molecule has 0 amide bonds. The second-order valence-electron chi connectivity index (χ2n) is 8.98. The molecule has 1 N–H and O–H groups in total. The fourth-order valence-electron chi connectivity index (χ4n) is 5.48. The highest BCUT2D eigenvalue weighted by Crippen LogP contribution is 2.42. The zero-order chi connectivity index (χ0) is 21.9. The molecule has 0 aliphatic carbocycles. The van der Waals surface area contributed by atoms with Gasteiger partial charge in [0.15, 0.2) is 0 Å². The van der Waals surface area contributed by atoms with Crippen LogP contribution in [0, 0.1) is 5.82 Å². The Hall–Kier alpha value is -2.60. The smallest absolute Gasteiger partial charge is 0.131 e. The molecule has 2 fully saturated rings. The van der Waals surface area contributed by atoms with E-state index >= 15 is 0 Å². The van der Waals surface area contributed by atoms with Crippen molar-refractivity contribution in [2.75, 3.05) is 26.2 Å². The quantitative estimate of drug-likeness (QED) is 0.653. The summed E-state index contributed by atoms with van der Waals surface area (Å²) in [6.45, 7) is 4.22. The molecule has 166 valence electrons. The van der Waals surface area contributed by atoms with Gasteiger partial charge in [0.25, 0.3) is 0 Å². The SMILES string of the molecule is OC[C@H]1[C@@H](c2ccc(-c3ccccc3F)cc2)[C@H]2CN(Cc3ccncc3)CCCCN21. The Balaban J connectivity index is 1.37. The topological polar surface area (TPSA) is 39.6 Å². The average molecular weight is 432 g/mol. The summed E-state index contributed by atoms with van der Waals surface area (Å²) >= 11 is 0. The van der Waals surface area contributed by atoms with Crippen LogP contribution in [0.4, 0.5) is 4.39 Å². The highest BCUT2D eigenvalue weighted by molar-refractivity contribution is 5.64. The number of benzene rings is 2. The van der Waals surface area contributed by atoms with Crippen molar-refractivity contribution in [3.8, 4) is 11.1 Å². The predicted molar refractivity (Wildman–Crippen MR) is 125 cm³/mol. The molecule has 1 aromatic heterocycles. The lowest BCUT2D eigenvalue weighted by Crippen LogP contribution is -2.67. The second kappa shape index (κ2) is 9.49. The average Bonchev–Trinajstić information content (AvgIpc) is 2.81. The van der Waals surface area contributed by atoms with Crippen LogP contribution in [-0.4, -0.2) is 58.2 Å². The summed E-state index contributed by atoms with van der Waals surface area (Å²) in [5.41, 5.74) is 4.04. The summed E-state index contributed by atoms with van der Waals surface area (Å²) in [6, 6.07) is 19.9. The van der Waals surface area contributed by atoms with Gasteiger partial charge in [0, 0.05) is 49.0 Å². The fourth-order valence-corrected chi connectivity index (χ4v) is 5.48. The Morgan fingerprint density at radius 3 is 2.44 bits per heavy atom. The Labute approximate surface area is 189 Å². The van der Waals surface area contributed by atoms with Gasteiger partial charge in [0.05, 0.1) is 6.61 Å². The monoisotopic (exact) mass is 431 g/mol. The standard InChI is InChI=1S/C27H30FN3O/c28-24-6-2-1-5-23(24)21-7-9-22(10-8-21)27-25-18-30(17-20-11-13-29-14-12-20)15-3-4-16-31(25)26(27)19-32/h1-2,5-14,25-27,32H,3-4,15-19H2/t25-,26+,27+/m1/s1. The molecule has 0 radical (unpaired) electrons. The molecule has 2 aliphatic rings. The van der Waals surface area contributed by atoms with E-state index in [-0.39, 0.29) is 24.4 Å². The van der Waals surface area contributed by atoms with Gasteiger partial charge < -0.3 is 5.11 Å². The molecule has 0 bridgehead atoms. The van der Waals surface area contributed by atoms with E-state index in [9.17, 15) is 9.50 Å². The van der Waals surface area contributed by atoms with Crippen molar-refractivity contribution >= 4 is 0 Å². The molecule has 0 saturated carbocycles. The molecule has 3 aromatic rings. The van der Waals surface area contributed by atoms with Gasteiger partial charge in [-0.1, -0.05) is 42.5 Å². The lowest BCUT2D eigenvalue weighted by Gasteiger charge is -2.57. The maximum Gasteiger partial charge on any atom is 0.131 e. The molecule has 4 nitrogen and oxygen atoms in total. The van der Waals surface area contributed by atoms with Crippen LogP contribution in [0.1, 0.15) is 29.9 Å². The molecule has 5 rings (SSSR count). The van der Waals surface area contributed by atoms with Crippen LogP contribution in [0.3, 0.4) is 0 Å². The molecule has 3 atom stereocenters. The zero-order valence-electron chi connectivity index (χ0n) is 18.3. The number of aromatic nitrogens is 1. The Bertz CT molecular complexity index is 1030. The molecule has 2 aliphatic heterocycles. The lowest BCUT2D eigenvalue weighted by molar-refractivity contribution is -0.0655. The normalized spacial score (nSPS) is 24.2. The highest BCUT2D eigenvalue weighted by Gasteiger charge is 2.49. The van der Waals surface area contributed by atoms with Gasteiger partial charge in [-0.05, 0) is 60.8 Å². The van der Waals surface area contributed by atoms with E-state index in [4.69, 9.17) is 0 Å². The largest absolute Gasteiger partial charge is 0.395 e. The predicted octanol–water partition coefficient (Wildman–Crippen LogP) is 4.31. The number of nitrogens with zero attached hydrogens (tertiary/aromatic N) is 3. The van der Waals surface area contributed by atoms with Gasteiger partial charge >= 0.3 is 0 Å². The third-order valence-electron chi connectivity index (χ3n) is 7.09. The maximum absolute atomic E-state index is 14.2. The summed E-state index contributed by atoms with van der Waals surface area (Å²) in [5, 5.41) is 10.2. The van der Waals surface area contributed by atoms with Crippen LogP contribution in [0.15, 0.2) is 73.1 Å². The number of aliphatic hydroxyl groups excluding tert-OH is 1. The minimum atomic E-state index is -0.199. The number of fused-ring (bicyclic) bond motifs is 1. The zero-order valence-corrected chi connectivity index (χ0v) is 18.3. The Morgan fingerprint density at radius 2 is 1.69 bits per heavy atom. The number of hydrogen-bond donors (Lipinski definition) is 1. The van der Waals surface area contributed by atoms with E-state index in [1.165, 1.54) is 23.6 Å². The Kier molecular flexibility index (Phi) is 6.30. The van der Waals surface area contributed by atoms with Crippen molar-refractivity contribution in [1.29, 1.82) is 0 Å². The van der Waals surface area contributed by atoms with Gasteiger partial charge in [-0.25, -0.2) is 4.39 Å². The number of halogens is 1. The first-order valence-electron chi connectivity index (χ1n) is 11.6. The van der Waals surface area contributed by atoms with Crippen molar-refractivity contribution in [2.45, 2.75) is 37.4 Å². The van der Waals surface area contributed by atoms with Crippen molar-refractivity contribution in [3.05, 3.63) is 90.0 Å². The van der Waals surface area contributed by atoms with Crippen LogP contribution < -0.4 is 0 Å².